The number of hydrogen-bond donors (Lipinski definition) is 2. The molecular weight excluding hydrogens is 172 g/mol. The third-order valence-corrected chi connectivity index (χ3v) is 1.89. The largest absolute Gasteiger partial charge is 0.384 e. The minimum absolute atomic E-state index is 0.109. The van der Waals surface area contributed by atoms with Gasteiger partial charge in [0.25, 0.3) is 0 Å². The predicted molar refractivity (Wildman–Crippen MR) is 60.5 cm³/mol. The second kappa shape index (κ2) is 5.02. The van der Waals surface area contributed by atoms with E-state index in [1.165, 1.54) is 5.56 Å². The Bertz CT molecular complexity index is 347. The summed E-state index contributed by atoms with van der Waals surface area (Å²) in [5.74, 6) is 0.109. The summed E-state index contributed by atoms with van der Waals surface area (Å²) >= 11 is 0. The van der Waals surface area contributed by atoms with E-state index in [4.69, 9.17) is 11.1 Å². The molecule has 0 saturated heterocycles. The Balaban J connectivity index is 2.68. The summed E-state index contributed by atoms with van der Waals surface area (Å²) in [5.41, 5.74) is 7.31. The van der Waals surface area contributed by atoms with Crippen LogP contribution < -0.4 is 5.73 Å². The van der Waals surface area contributed by atoms with Gasteiger partial charge in [0.05, 0.1) is 0 Å². The Morgan fingerprint density at radius 2 is 2.00 bits per heavy atom. The molecule has 0 aliphatic rings. The number of nitrogen functional groups attached to an aromatic ring is 1. The van der Waals surface area contributed by atoms with Gasteiger partial charge < -0.3 is 5.73 Å². The fraction of sp³-hybridized carbons (Fsp3) is 0.0833. The van der Waals surface area contributed by atoms with Gasteiger partial charge in [0.2, 0.25) is 0 Å². The fourth-order valence-electron chi connectivity index (χ4n) is 1.12. The van der Waals surface area contributed by atoms with Gasteiger partial charge >= 0.3 is 0 Å². The van der Waals surface area contributed by atoms with Crippen molar-refractivity contribution < 1.29 is 0 Å². The molecule has 0 saturated carbocycles. The molecule has 0 aromatic heterocycles. The van der Waals surface area contributed by atoms with E-state index in [9.17, 15) is 0 Å². The highest BCUT2D eigenvalue weighted by Crippen LogP contribution is 2.04. The normalized spacial score (nSPS) is 10.3. The minimum atomic E-state index is 0.109. The average molecular weight is 186 g/mol. The molecule has 0 heterocycles. The van der Waals surface area contributed by atoms with E-state index in [1.54, 1.807) is 6.08 Å². The molecule has 1 aromatic carbocycles. The topological polar surface area (TPSA) is 49.9 Å². The lowest BCUT2D eigenvalue weighted by atomic mass is 10.1. The Hall–Kier alpha value is -1.83. The summed E-state index contributed by atoms with van der Waals surface area (Å²) in [6.45, 7) is 3.60. The van der Waals surface area contributed by atoms with Gasteiger partial charge in [0, 0.05) is 5.56 Å². The molecule has 0 bridgehead atoms. The van der Waals surface area contributed by atoms with Crippen molar-refractivity contribution in [1.29, 1.82) is 5.41 Å². The highest BCUT2D eigenvalue weighted by molar-refractivity contribution is 5.94. The van der Waals surface area contributed by atoms with E-state index in [2.05, 4.69) is 6.58 Å². The smallest absolute Gasteiger partial charge is 0.122 e. The average Bonchev–Trinajstić information content (AvgIpc) is 2.19. The summed E-state index contributed by atoms with van der Waals surface area (Å²) in [6.07, 6.45) is 6.59. The molecule has 0 unspecified atom stereocenters. The monoisotopic (exact) mass is 186 g/mol. The van der Waals surface area contributed by atoms with Gasteiger partial charge in [-0.2, -0.15) is 0 Å². The first-order valence-corrected chi connectivity index (χ1v) is 4.45. The summed E-state index contributed by atoms with van der Waals surface area (Å²) < 4.78 is 0. The molecule has 2 heteroatoms. The molecular formula is C12H14N2. The van der Waals surface area contributed by atoms with Crippen LogP contribution in [0.2, 0.25) is 0 Å². The number of nitrogens with one attached hydrogen (secondary N) is 1. The second-order valence-electron chi connectivity index (χ2n) is 2.98. The zero-order valence-corrected chi connectivity index (χ0v) is 8.03. The Morgan fingerprint density at radius 1 is 1.36 bits per heavy atom. The maximum Gasteiger partial charge on any atom is 0.122 e. The molecule has 0 aliphatic carbocycles. The molecule has 0 fully saturated rings. The van der Waals surface area contributed by atoms with Crippen molar-refractivity contribution in [2.45, 2.75) is 6.42 Å². The number of benzene rings is 1. The van der Waals surface area contributed by atoms with Gasteiger partial charge in [-0.15, -0.1) is 0 Å². The van der Waals surface area contributed by atoms with Crippen LogP contribution >= 0.6 is 0 Å². The molecule has 3 N–H and O–H groups in total. The van der Waals surface area contributed by atoms with Crippen LogP contribution in [0.5, 0.6) is 0 Å². The van der Waals surface area contributed by atoms with Crippen LogP contribution in [0.25, 0.3) is 0 Å². The van der Waals surface area contributed by atoms with Gasteiger partial charge in [-0.05, 0) is 12.0 Å². The first-order chi connectivity index (χ1) is 6.74. The number of rotatable bonds is 4. The van der Waals surface area contributed by atoms with Crippen LogP contribution in [0.3, 0.4) is 0 Å². The van der Waals surface area contributed by atoms with Gasteiger partial charge in [0.15, 0.2) is 0 Å². The van der Waals surface area contributed by atoms with Crippen molar-refractivity contribution >= 4 is 5.84 Å². The van der Waals surface area contributed by atoms with Crippen LogP contribution in [-0.4, -0.2) is 5.84 Å². The van der Waals surface area contributed by atoms with Crippen LogP contribution in [-0.2, 0) is 6.42 Å². The van der Waals surface area contributed by atoms with Crippen molar-refractivity contribution in [3.05, 3.63) is 60.2 Å². The standard InChI is InChI=1S/C12H14N2/c1-2-3-4-5-10-6-8-11(9-7-10)12(13)14/h2-4,6-9H,1,5H2,(H3,13,14)/b4-3-. The first-order valence-electron chi connectivity index (χ1n) is 4.45. The predicted octanol–water partition coefficient (Wildman–Crippen LogP) is 2.26. The Labute approximate surface area is 84.3 Å². The molecule has 0 aliphatic heterocycles. The lowest BCUT2D eigenvalue weighted by Gasteiger charge is -1.99. The van der Waals surface area contributed by atoms with Crippen LogP contribution in [0, 0.1) is 5.41 Å². The van der Waals surface area contributed by atoms with Gasteiger partial charge in [-0.1, -0.05) is 49.1 Å². The van der Waals surface area contributed by atoms with E-state index in [1.807, 2.05) is 36.4 Å². The minimum Gasteiger partial charge on any atom is -0.384 e. The van der Waals surface area contributed by atoms with Crippen molar-refractivity contribution in [3.63, 3.8) is 0 Å². The van der Waals surface area contributed by atoms with Gasteiger partial charge in [0.1, 0.15) is 5.84 Å². The summed E-state index contributed by atoms with van der Waals surface area (Å²) in [4.78, 5) is 0. The second-order valence-corrected chi connectivity index (χ2v) is 2.98. The van der Waals surface area contributed by atoms with E-state index in [-0.39, 0.29) is 5.84 Å². The third-order valence-electron chi connectivity index (χ3n) is 1.89. The first kappa shape index (κ1) is 10.3. The molecule has 72 valence electrons. The zero-order chi connectivity index (χ0) is 10.4. The van der Waals surface area contributed by atoms with Crippen LogP contribution in [0.15, 0.2) is 49.1 Å². The maximum absolute atomic E-state index is 7.22. The van der Waals surface area contributed by atoms with Crippen molar-refractivity contribution in [3.8, 4) is 0 Å². The summed E-state index contributed by atoms with van der Waals surface area (Å²) in [6, 6.07) is 7.67. The van der Waals surface area contributed by atoms with Crippen LogP contribution in [0.4, 0.5) is 0 Å². The number of hydrogen-bond acceptors (Lipinski definition) is 1. The molecule has 0 amide bonds. The number of nitrogens with two attached hydrogens (primary N) is 1. The molecule has 2 nitrogen and oxygen atoms in total. The molecule has 1 rings (SSSR count). The number of allylic oxidation sites excluding steroid dienone is 3. The summed E-state index contributed by atoms with van der Waals surface area (Å²) in [7, 11) is 0. The lowest BCUT2D eigenvalue weighted by molar-refractivity contribution is 1.26. The van der Waals surface area contributed by atoms with Crippen molar-refractivity contribution in [2.75, 3.05) is 0 Å². The van der Waals surface area contributed by atoms with E-state index in [0.29, 0.717) is 0 Å². The highest BCUT2D eigenvalue weighted by atomic mass is 14.7. The van der Waals surface area contributed by atoms with Crippen molar-refractivity contribution in [2.24, 2.45) is 5.73 Å². The number of amidine groups is 1. The van der Waals surface area contributed by atoms with E-state index >= 15 is 0 Å². The van der Waals surface area contributed by atoms with Gasteiger partial charge in [-0.3, -0.25) is 5.41 Å². The Kier molecular flexibility index (Phi) is 3.68. The van der Waals surface area contributed by atoms with Crippen LogP contribution in [0.1, 0.15) is 11.1 Å². The SMILES string of the molecule is C=C/C=C\Cc1ccc(C(=N)N)cc1. The Morgan fingerprint density at radius 3 is 2.50 bits per heavy atom. The third kappa shape index (κ3) is 2.90. The van der Waals surface area contributed by atoms with E-state index in [0.717, 1.165) is 12.0 Å². The van der Waals surface area contributed by atoms with Gasteiger partial charge in [-0.25, -0.2) is 0 Å². The zero-order valence-electron chi connectivity index (χ0n) is 8.03. The summed E-state index contributed by atoms with van der Waals surface area (Å²) in [5, 5.41) is 7.22. The molecule has 0 atom stereocenters. The lowest BCUT2D eigenvalue weighted by Crippen LogP contribution is -2.10. The molecule has 1 aromatic rings. The molecule has 0 radical (unpaired) electrons. The highest BCUT2D eigenvalue weighted by Gasteiger charge is 1.94. The fourth-order valence-corrected chi connectivity index (χ4v) is 1.12. The molecule has 0 spiro atoms. The van der Waals surface area contributed by atoms with E-state index < -0.39 is 0 Å². The quantitative estimate of drug-likeness (QED) is 0.423. The molecule has 14 heavy (non-hydrogen) atoms. The maximum atomic E-state index is 7.22. The van der Waals surface area contributed by atoms with Crippen molar-refractivity contribution in [1.82, 2.24) is 0 Å².